The molecule has 0 aliphatic heterocycles. The van der Waals surface area contributed by atoms with Crippen LogP contribution in [0.3, 0.4) is 0 Å². The highest BCUT2D eigenvalue weighted by molar-refractivity contribution is 5.86. The van der Waals surface area contributed by atoms with Crippen LogP contribution in [0.25, 0.3) is 0 Å². The summed E-state index contributed by atoms with van der Waals surface area (Å²) in [5.41, 5.74) is 3.93. The summed E-state index contributed by atoms with van der Waals surface area (Å²) >= 11 is 0. The molecule has 0 saturated heterocycles. The van der Waals surface area contributed by atoms with Crippen molar-refractivity contribution in [1.82, 2.24) is 5.43 Å². The minimum absolute atomic E-state index is 0.0889. The number of hydrogen-bond donors (Lipinski definition) is 1. The van der Waals surface area contributed by atoms with E-state index < -0.39 is 0 Å². The van der Waals surface area contributed by atoms with E-state index in [-0.39, 0.29) is 5.91 Å². The monoisotopic (exact) mass is 266 g/mol. The van der Waals surface area contributed by atoms with Gasteiger partial charge in [-0.05, 0) is 32.1 Å². The summed E-state index contributed by atoms with van der Waals surface area (Å²) in [7, 11) is 0. The quantitative estimate of drug-likeness (QED) is 0.532. The van der Waals surface area contributed by atoms with Crippen molar-refractivity contribution in [3.63, 3.8) is 0 Å². The van der Waals surface area contributed by atoms with Crippen molar-refractivity contribution in [1.29, 1.82) is 0 Å². The Kier molecular flexibility index (Phi) is 9.38. The Morgan fingerprint density at radius 2 is 1.63 bits per heavy atom. The third kappa shape index (κ3) is 8.79. The first-order chi connectivity index (χ1) is 9.33. The molecular formula is C16H30N2O. The molecule has 110 valence electrons. The molecule has 3 heteroatoms. The summed E-state index contributed by atoms with van der Waals surface area (Å²) in [5.74, 6) is 0.0889. The third-order valence-corrected chi connectivity index (χ3v) is 3.78. The molecule has 1 N–H and O–H groups in total. The van der Waals surface area contributed by atoms with E-state index in [9.17, 15) is 4.79 Å². The molecule has 0 aromatic rings. The number of unbranched alkanes of at least 4 members (excludes halogenated alkanes) is 4. The van der Waals surface area contributed by atoms with Gasteiger partial charge in [-0.3, -0.25) is 4.79 Å². The van der Waals surface area contributed by atoms with Crippen molar-refractivity contribution in [2.75, 3.05) is 0 Å². The van der Waals surface area contributed by atoms with Crippen molar-refractivity contribution in [3.8, 4) is 0 Å². The predicted octanol–water partition coefficient (Wildman–Crippen LogP) is 4.56. The molecule has 0 aromatic heterocycles. The number of nitrogens with zero attached hydrogens (tertiary/aromatic N) is 1. The molecular weight excluding hydrogens is 236 g/mol. The van der Waals surface area contributed by atoms with Crippen molar-refractivity contribution in [3.05, 3.63) is 0 Å². The van der Waals surface area contributed by atoms with Gasteiger partial charge in [0.05, 0.1) is 0 Å². The van der Waals surface area contributed by atoms with Crippen LogP contribution in [0, 0.1) is 0 Å². The molecule has 0 atom stereocenters. The number of amides is 1. The second-order valence-electron chi connectivity index (χ2n) is 5.64. The van der Waals surface area contributed by atoms with E-state index in [0.29, 0.717) is 6.42 Å². The van der Waals surface area contributed by atoms with E-state index in [1.807, 2.05) is 0 Å². The Bertz CT molecular complexity index is 264. The topological polar surface area (TPSA) is 41.5 Å². The van der Waals surface area contributed by atoms with Crippen molar-refractivity contribution < 1.29 is 4.79 Å². The maximum atomic E-state index is 11.7. The lowest BCUT2D eigenvalue weighted by Crippen LogP contribution is -2.19. The Morgan fingerprint density at radius 1 is 1.00 bits per heavy atom. The van der Waals surface area contributed by atoms with Gasteiger partial charge in [0.1, 0.15) is 0 Å². The molecule has 1 rings (SSSR count). The summed E-state index contributed by atoms with van der Waals surface area (Å²) in [6.45, 7) is 2.21. The summed E-state index contributed by atoms with van der Waals surface area (Å²) in [6, 6.07) is 0. The SMILES string of the molecule is CCCCCCCC(=O)NN=C1CCCCCCC1. The summed E-state index contributed by atoms with van der Waals surface area (Å²) < 4.78 is 0. The maximum Gasteiger partial charge on any atom is 0.240 e. The zero-order valence-electron chi connectivity index (χ0n) is 12.5. The van der Waals surface area contributed by atoms with Crippen LogP contribution < -0.4 is 5.43 Å². The van der Waals surface area contributed by atoms with Gasteiger partial charge in [-0.1, -0.05) is 51.9 Å². The minimum atomic E-state index is 0.0889. The van der Waals surface area contributed by atoms with Crippen LogP contribution in [-0.2, 0) is 4.79 Å². The van der Waals surface area contributed by atoms with Gasteiger partial charge >= 0.3 is 0 Å². The lowest BCUT2D eigenvalue weighted by molar-refractivity contribution is -0.121. The predicted molar refractivity (Wildman–Crippen MR) is 81.3 cm³/mol. The average Bonchev–Trinajstić information content (AvgIpc) is 2.37. The third-order valence-electron chi connectivity index (χ3n) is 3.78. The molecule has 1 aliphatic rings. The van der Waals surface area contributed by atoms with Gasteiger partial charge in [0.15, 0.2) is 0 Å². The Labute approximate surface area is 118 Å². The van der Waals surface area contributed by atoms with Gasteiger partial charge in [-0.2, -0.15) is 5.10 Å². The zero-order valence-corrected chi connectivity index (χ0v) is 12.5. The van der Waals surface area contributed by atoms with E-state index in [2.05, 4.69) is 17.5 Å². The highest BCUT2D eigenvalue weighted by atomic mass is 16.2. The zero-order chi connectivity index (χ0) is 13.8. The molecule has 0 radical (unpaired) electrons. The number of rotatable bonds is 7. The van der Waals surface area contributed by atoms with Crippen molar-refractivity contribution >= 4 is 11.6 Å². The van der Waals surface area contributed by atoms with Crippen LogP contribution in [0.2, 0.25) is 0 Å². The highest BCUT2D eigenvalue weighted by Crippen LogP contribution is 2.14. The van der Waals surface area contributed by atoms with E-state index in [4.69, 9.17) is 0 Å². The van der Waals surface area contributed by atoms with Gasteiger partial charge in [0, 0.05) is 12.1 Å². The Morgan fingerprint density at radius 3 is 2.32 bits per heavy atom. The molecule has 19 heavy (non-hydrogen) atoms. The molecule has 0 spiro atoms. The van der Waals surface area contributed by atoms with Gasteiger partial charge in [-0.15, -0.1) is 0 Å². The first-order valence-electron chi connectivity index (χ1n) is 8.17. The smallest absolute Gasteiger partial charge is 0.240 e. The van der Waals surface area contributed by atoms with Crippen LogP contribution in [0.5, 0.6) is 0 Å². The molecule has 3 nitrogen and oxygen atoms in total. The largest absolute Gasteiger partial charge is 0.273 e. The molecule has 0 heterocycles. The van der Waals surface area contributed by atoms with E-state index in [0.717, 1.165) is 25.7 Å². The van der Waals surface area contributed by atoms with E-state index in [1.165, 1.54) is 57.1 Å². The second kappa shape index (κ2) is 11.0. The standard InChI is InChI=1S/C16H30N2O/c1-2-3-4-6-11-14-16(19)18-17-15-12-9-7-5-8-10-13-15/h2-14H2,1H3,(H,18,19). The molecule has 1 aliphatic carbocycles. The molecule has 0 bridgehead atoms. The van der Waals surface area contributed by atoms with Crippen LogP contribution >= 0.6 is 0 Å². The molecule has 1 saturated carbocycles. The van der Waals surface area contributed by atoms with Crippen LogP contribution in [0.4, 0.5) is 0 Å². The summed E-state index contributed by atoms with van der Waals surface area (Å²) in [6.07, 6.45) is 15.1. The minimum Gasteiger partial charge on any atom is -0.273 e. The number of carbonyl (C=O) groups is 1. The van der Waals surface area contributed by atoms with Crippen LogP contribution in [0.15, 0.2) is 5.10 Å². The fourth-order valence-electron chi connectivity index (χ4n) is 2.51. The summed E-state index contributed by atoms with van der Waals surface area (Å²) in [5, 5.41) is 4.32. The van der Waals surface area contributed by atoms with Crippen molar-refractivity contribution in [2.24, 2.45) is 5.10 Å². The molecule has 1 fully saturated rings. The molecule has 0 unspecified atom stereocenters. The molecule has 0 aromatic carbocycles. The second-order valence-corrected chi connectivity index (χ2v) is 5.64. The molecule has 1 amide bonds. The van der Waals surface area contributed by atoms with Gasteiger partial charge in [0.25, 0.3) is 0 Å². The number of hydrazone groups is 1. The van der Waals surface area contributed by atoms with Gasteiger partial charge in [0.2, 0.25) is 5.91 Å². The normalized spacial score (nSPS) is 16.6. The van der Waals surface area contributed by atoms with Crippen LogP contribution in [0.1, 0.15) is 90.4 Å². The average molecular weight is 266 g/mol. The maximum absolute atomic E-state index is 11.7. The fourth-order valence-corrected chi connectivity index (χ4v) is 2.51. The van der Waals surface area contributed by atoms with Gasteiger partial charge in [-0.25, -0.2) is 5.43 Å². The summed E-state index contributed by atoms with van der Waals surface area (Å²) in [4.78, 5) is 11.7. The number of hydrogen-bond acceptors (Lipinski definition) is 2. The Balaban J connectivity index is 2.12. The highest BCUT2D eigenvalue weighted by Gasteiger charge is 2.06. The van der Waals surface area contributed by atoms with E-state index in [1.54, 1.807) is 0 Å². The first-order valence-corrected chi connectivity index (χ1v) is 8.17. The van der Waals surface area contributed by atoms with Crippen LogP contribution in [-0.4, -0.2) is 11.6 Å². The Hall–Kier alpha value is -0.860. The number of nitrogens with one attached hydrogen (secondary N) is 1. The first kappa shape index (κ1) is 16.2. The van der Waals surface area contributed by atoms with E-state index >= 15 is 0 Å². The lowest BCUT2D eigenvalue weighted by atomic mass is 9.99. The fraction of sp³-hybridized carbons (Fsp3) is 0.875. The lowest BCUT2D eigenvalue weighted by Gasteiger charge is -2.10. The van der Waals surface area contributed by atoms with Crippen molar-refractivity contribution in [2.45, 2.75) is 90.4 Å². The number of carbonyl (C=O) groups excluding carboxylic acids is 1. The van der Waals surface area contributed by atoms with Gasteiger partial charge < -0.3 is 0 Å².